The van der Waals surface area contributed by atoms with Gasteiger partial charge in [0.05, 0.1) is 0 Å². The summed E-state index contributed by atoms with van der Waals surface area (Å²) in [7, 11) is 0. The molecule has 0 saturated carbocycles. The number of halogens is 2. The molecular formula is C15H10F2O4. The number of carbonyl (C=O) groups is 1. The summed E-state index contributed by atoms with van der Waals surface area (Å²) in [4.78, 5) is 10.5. The molecule has 1 aliphatic rings. The van der Waals surface area contributed by atoms with Crippen molar-refractivity contribution >= 4 is 6.29 Å². The number of aldehydes is 1. The monoisotopic (exact) mass is 292 g/mol. The van der Waals surface area contributed by atoms with Crippen molar-refractivity contribution in [3.05, 3.63) is 53.1 Å². The van der Waals surface area contributed by atoms with Crippen LogP contribution in [0.4, 0.5) is 8.78 Å². The van der Waals surface area contributed by atoms with Gasteiger partial charge in [-0.1, -0.05) is 6.07 Å². The Morgan fingerprint density at radius 2 is 1.81 bits per heavy atom. The van der Waals surface area contributed by atoms with Gasteiger partial charge in [0.1, 0.15) is 12.9 Å². The highest BCUT2D eigenvalue weighted by Gasteiger charge is 2.15. The van der Waals surface area contributed by atoms with Crippen molar-refractivity contribution in [2.24, 2.45) is 0 Å². The molecule has 0 spiro atoms. The van der Waals surface area contributed by atoms with Gasteiger partial charge >= 0.3 is 0 Å². The lowest BCUT2D eigenvalue weighted by atomic mass is 10.2. The van der Waals surface area contributed by atoms with Gasteiger partial charge in [-0.2, -0.15) is 0 Å². The van der Waals surface area contributed by atoms with Crippen LogP contribution in [-0.2, 0) is 6.61 Å². The highest BCUT2D eigenvalue weighted by atomic mass is 19.1. The number of rotatable bonds is 4. The fourth-order valence-electron chi connectivity index (χ4n) is 1.97. The fourth-order valence-corrected chi connectivity index (χ4v) is 1.97. The topological polar surface area (TPSA) is 44.8 Å². The van der Waals surface area contributed by atoms with Gasteiger partial charge in [-0.25, -0.2) is 8.78 Å². The standard InChI is InChI=1S/C15H10F2O4/c16-11-3-10(6-18)4-12(17)15(11)19-7-9-1-2-13-14(5-9)21-8-20-13/h1-6H,7-8H2. The van der Waals surface area contributed by atoms with Gasteiger partial charge in [0.2, 0.25) is 6.79 Å². The first-order chi connectivity index (χ1) is 10.2. The summed E-state index contributed by atoms with van der Waals surface area (Å²) in [5.41, 5.74) is 0.595. The summed E-state index contributed by atoms with van der Waals surface area (Å²) in [5, 5.41) is 0. The molecule has 0 fully saturated rings. The average Bonchev–Trinajstić information content (AvgIpc) is 2.93. The van der Waals surface area contributed by atoms with Crippen molar-refractivity contribution in [1.29, 1.82) is 0 Å². The van der Waals surface area contributed by atoms with E-state index in [-0.39, 0.29) is 19.0 Å². The summed E-state index contributed by atoms with van der Waals surface area (Å²) < 4.78 is 42.8. The van der Waals surface area contributed by atoms with Gasteiger partial charge in [0.25, 0.3) is 0 Å². The van der Waals surface area contributed by atoms with Crippen molar-refractivity contribution in [3.63, 3.8) is 0 Å². The second-order valence-electron chi connectivity index (χ2n) is 4.41. The van der Waals surface area contributed by atoms with E-state index in [4.69, 9.17) is 14.2 Å². The van der Waals surface area contributed by atoms with E-state index in [2.05, 4.69) is 0 Å². The van der Waals surface area contributed by atoms with Gasteiger partial charge in [0, 0.05) is 5.56 Å². The van der Waals surface area contributed by atoms with E-state index in [1.54, 1.807) is 18.2 Å². The quantitative estimate of drug-likeness (QED) is 0.812. The van der Waals surface area contributed by atoms with E-state index >= 15 is 0 Å². The lowest BCUT2D eigenvalue weighted by Gasteiger charge is -2.09. The Hall–Kier alpha value is -2.63. The molecule has 0 aliphatic carbocycles. The minimum atomic E-state index is -0.919. The van der Waals surface area contributed by atoms with Crippen LogP contribution in [0.2, 0.25) is 0 Å². The molecule has 2 aromatic carbocycles. The molecule has 2 aromatic rings. The Bertz CT molecular complexity index is 677. The summed E-state index contributed by atoms with van der Waals surface area (Å²) in [5.74, 6) is -1.17. The molecule has 0 radical (unpaired) electrons. The van der Waals surface area contributed by atoms with E-state index in [1.807, 2.05) is 0 Å². The second-order valence-corrected chi connectivity index (χ2v) is 4.41. The molecule has 0 aromatic heterocycles. The first kappa shape index (κ1) is 13.4. The van der Waals surface area contributed by atoms with Gasteiger partial charge in [0.15, 0.2) is 28.9 Å². The van der Waals surface area contributed by atoms with Crippen LogP contribution in [0.15, 0.2) is 30.3 Å². The van der Waals surface area contributed by atoms with E-state index in [0.29, 0.717) is 23.3 Å². The maximum absolute atomic E-state index is 13.7. The fraction of sp³-hybridized carbons (Fsp3) is 0.133. The van der Waals surface area contributed by atoms with E-state index in [1.165, 1.54) is 0 Å². The van der Waals surface area contributed by atoms with E-state index < -0.39 is 17.4 Å². The Morgan fingerprint density at radius 3 is 2.52 bits per heavy atom. The van der Waals surface area contributed by atoms with Crippen LogP contribution in [-0.4, -0.2) is 13.1 Å². The summed E-state index contributed by atoms with van der Waals surface area (Å²) in [6.07, 6.45) is 0.369. The molecular weight excluding hydrogens is 282 g/mol. The van der Waals surface area contributed by atoms with Crippen LogP contribution in [0.5, 0.6) is 17.2 Å². The van der Waals surface area contributed by atoms with Crippen LogP contribution >= 0.6 is 0 Å². The predicted octanol–water partition coefficient (Wildman–Crippen LogP) is 3.09. The van der Waals surface area contributed by atoms with Crippen molar-refractivity contribution in [3.8, 4) is 17.2 Å². The molecule has 1 aliphatic heterocycles. The summed E-state index contributed by atoms with van der Waals surface area (Å²) in [6.45, 7) is 0.112. The average molecular weight is 292 g/mol. The first-order valence-corrected chi connectivity index (χ1v) is 6.13. The molecule has 1 heterocycles. The normalized spacial score (nSPS) is 12.3. The number of hydrogen-bond donors (Lipinski definition) is 0. The van der Waals surface area contributed by atoms with Crippen molar-refractivity contribution in [1.82, 2.24) is 0 Å². The Labute approximate surface area is 118 Å². The van der Waals surface area contributed by atoms with E-state index in [0.717, 1.165) is 12.1 Å². The molecule has 6 heteroatoms. The molecule has 0 atom stereocenters. The lowest BCUT2D eigenvalue weighted by Crippen LogP contribution is -2.01. The molecule has 0 amide bonds. The number of ether oxygens (including phenoxy) is 3. The molecule has 4 nitrogen and oxygen atoms in total. The predicted molar refractivity (Wildman–Crippen MR) is 68.6 cm³/mol. The Morgan fingerprint density at radius 1 is 1.10 bits per heavy atom. The molecule has 0 saturated heterocycles. The van der Waals surface area contributed by atoms with Crippen LogP contribution in [0.1, 0.15) is 15.9 Å². The van der Waals surface area contributed by atoms with Crippen LogP contribution in [0.3, 0.4) is 0 Å². The van der Waals surface area contributed by atoms with Crippen LogP contribution < -0.4 is 14.2 Å². The molecule has 0 bridgehead atoms. The first-order valence-electron chi connectivity index (χ1n) is 6.13. The summed E-state index contributed by atoms with van der Waals surface area (Å²) in [6, 6.07) is 6.93. The number of benzene rings is 2. The van der Waals surface area contributed by atoms with Crippen LogP contribution in [0, 0.1) is 11.6 Å². The number of fused-ring (bicyclic) bond motifs is 1. The smallest absolute Gasteiger partial charge is 0.231 e. The maximum atomic E-state index is 13.7. The van der Waals surface area contributed by atoms with Gasteiger partial charge in [-0.15, -0.1) is 0 Å². The second kappa shape index (κ2) is 5.40. The third kappa shape index (κ3) is 2.65. The van der Waals surface area contributed by atoms with Gasteiger partial charge in [-0.3, -0.25) is 4.79 Å². The number of hydrogen-bond acceptors (Lipinski definition) is 4. The highest BCUT2D eigenvalue weighted by molar-refractivity contribution is 5.75. The van der Waals surface area contributed by atoms with Crippen LogP contribution in [0.25, 0.3) is 0 Å². The zero-order chi connectivity index (χ0) is 14.8. The SMILES string of the molecule is O=Cc1cc(F)c(OCc2ccc3c(c2)OCO3)c(F)c1. The Kier molecular flexibility index (Phi) is 3.43. The van der Waals surface area contributed by atoms with Crippen molar-refractivity contribution in [2.75, 3.05) is 6.79 Å². The molecule has 0 unspecified atom stereocenters. The zero-order valence-corrected chi connectivity index (χ0v) is 10.8. The molecule has 3 rings (SSSR count). The highest BCUT2D eigenvalue weighted by Crippen LogP contribution is 2.33. The summed E-state index contributed by atoms with van der Waals surface area (Å²) >= 11 is 0. The van der Waals surface area contributed by atoms with Crippen molar-refractivity contribution in [2.45, 2.75) is 6.61 Å². The third-order valence-electron chi connectivity index (χ3n) is 2.98. The minimum Gasteiger partial charge on any atom is -0.483 e. The Balaban J connectivity index is 1.77. The largest absolute Gasteiger partial charge is 0.483 e. The van der Waals surface area contributed by atoms with Gasteiger partial charge < -0.3 is 14.2 Å². The lowest BCUT2D eigenvalue weighted by molar-refractivity contribution is 0.112. The third-order valence-corrected chi connectivity index (χ3v) is 2.98. The number of carbonyl (C=O) groups excluding carboxylic acids is 1. The minimum absolute atomic E-state index is 0.0368. The molecule has 21 heavy (non-hydrogen) atoms. The van der Waals surface area contributed by atoms with Crippen molar-refractivity contribution < 1.29 is 27.8 Å². The van der Waals surface area contributed by atoms with Gasteiger partial charge in [-0.05, 0) is 29.8 Å². The van der Waals surface area contributed by atoms with E-state index in [9.17, 15) is 13.6 Å². The molecule has 0 N–H and O–H groups in total. The zero-order valence-electron chi connectivity index (χ0n) is 10.8. The molecule has 108 valence electrons. The maximum Gasteiger partial charge on any atom is 0.231 e.